The van der Waals surface area contributed by atoms with Gasteiger partial charge in [-0.25, -0.2) is 18.2 Å². The quantitative estimate of drug-likeness (QED) is 0.115. The van der Waals surface area contributed by atoms with Crippen molar-refractivity contribution in [2.24, 2.45) is 0 Å². The molecule has 2 amide bonds. The number of nitrogens with zero attached hydrogens (tertiary/aromatic N) is 2. The number of fused-ring (bicyclic) bond motifs is 1. The van der Waals surface area contributed by atoms with Crippen LogP contribution in [0.1, 0.15) is 70.7 Å². The van der Waals surface area contributed by atoms with Gasteiger partial charge in [-0.2, -0.15) is 13.2 Å². The number of amides is 2. The van der Waals surface area contributed by atoms with E-state index in [2.05, 4.69) is 20.4 Å². The van der Waals surface area contributed by atoms with Crippen LogP contribution >= 0.6 is 0 Å². The number of likely N-dealkylation sites (tertiary alicyclic amines) is 1. The zero-order valence-electron chi connectivity index (χ0n) is 31.5. The minimum Gasteiger partial charge on any atom is -0.490 e. The summed E-state index contributed by atoms with van der Waals surface area (Å²) in [5.41, 5.74) is 7.43. The maximum atomic E-state index is 15.0. The SMILES string of the molecule is CCOc1cc([C@H](Nc2ccc3c(N)nccc3c2)C(=O)N2CCC[C@H]2c2cc(NC(=O)COC(=O)C(F)(F)F)ccc2S(=O)(=O)C(C)C)ccc1OC(C)C. The van der Waals surface area contributed by atoms with Gasteiger partial charge in [0.2, 0.25) is 5.91 Å². The van der Waals surface area contributed by atoms with Crippen LogP contribution in [0.4, 0.5) is 30.4 Å². The number of carbonyl (C=O) groups is 3. The van der Waals surface area contributed by atoms with Crippen molar-refractivity contribution in [3.63, 3.8) is 0 Å². The van der Waals surface area contributed by atoms with Gasteiger partial charge in [0.15, 0.2) is 27.9 Å². The van der Waals surface area contributed by atoms with Gasteiger partial charge in [0.25, 0.3) is 5.91 Å². The molecule has 4 N–H and O–H groups in total. The third-order valence-electron chi connectivity index (χ3n) is 9.00. The van der Waals surface area contributed by atoms with Gasteiger partial charge in [0.1, 0.15) is 11.9 Å². The van der Waals surface area contributed by atoms with E-state index in [-0.39, 0.29) is 28.8 Å². The fourth-order valence-electron chi connectivity index (χ4n) is 6.40. The molecule has 5 rings (SSSR count). The van der Waals surface area contributed by atoms with Gasteiger partial charge in [0, 0.05) is 29.5 Å². The number of nitrogens with two attached hydrogens (primary N) is 1. The number of nitrogens with one attached hydrogen (secondary N) is 2. The highest BCUT2D eigenvalue weighted by atomic mass is 32.2. The molecule has 2 heterocycles. The topological polar surface area (TPSA) is 179 Å². The fraction of sp³-hybridized carbons (Fsp3) is 0.385. The maximum absolute atomic E-state index is 15.0. The number of ether oxygens (including phenoxy) is 3. The molecule has 1 saturated heterocycles. The van der Waals surface area contributed by atoms with Crippen molar-refractivity contribution in [3.8, 4) is 11.5 Å². The van der Waals surface area contributed by atoms with E-state index in [4.69, 9.17) is 15.2 Å². The van der Waals surface area contributed by atoms with E-state index in [1.165, 1.54) is 32.0 Å². The molecular formula is C39H44F3N5O8S. The lowest BCUT2D eigenvalue weighted by Gasteiger charge is -2.32. The Morgan fingerprint density at radius 2 is 1.71 bits per heavy atom. The fourth-order valence-corrected chi connectivity index (χ4v) is 7.69. The summed E-state index contributed by atoms with van der Waals surface area (Å²) >= 11 is 0. The van der Waals surface area contributed by atoms with Gasteiger partial charge < -0.3 is 35.5 Å². The Morgan fingerprint density at radius 3 is 2.39 bits per heavy atom. The van der Waals surface area contributed by atoms with Crippen molar-refractivity contribution in [1.82, 2.24) is 9.88 Å². The Kier molecular flexibility index (Phi) is 12.7. The zero-order chi connectivity index (χ0) is 40.9. The van der Waals surface area contributed by atoms with Gasteiger partial charge in [-0.3, -0.25) is 9.59 Å². The van der Waals surface area contributed by atoms with Crippen molar-refractivity contribution in [1.29, 1.82) is 0 Å². The first kappa shape index (κ1) is 41.6. The molecule has 2 atom stereocenters. The molecule has 0 bridgehead atoms. The lowest BCUT2D eigenvalue weighted by atomic mass is 10.00. The minimum atomic E-state index is -5.29. The van der Waals surface area contributed by atoms with Crippen LogP contribution in [-0.2, 0) is 29.0 Å². The maximum Gasteiger partial charge on any atom is 0.490 e. The van der Waals surface area contributed by atoms with E-state index >= 15 is 0 Å². The van der Waals surface area contributed by atoms with Crippen molar-refractivity contribution in [2.75, 3.05) is 36.1 Å². The van der Waals surface area contributed by atoms with E-state index in [1.807, 2.05) is 26.8 Å². The highest BCUT2D eigenvalue weighted by Crippen LogP contribution is 2.41. The Hall–Kier alpha value is -5.58. The van der Waals surface area contributed by atoms with Gasteiger partial charge in [-0.05, 0) is 119 Å². The van der Waals surface area contributed by atoms with Crippen LogP contribution < -0.4 is 25.8 Å². The largest absolute Gasteiger partial charge is 0.490 e. The smallest absolute Gasteiger partial charge is 0.490 e. The average Bonchev–Trinajstić information content (AvgIpc) is 3.63. The number of alkyl halides is 3. The lowest BCUT2D eigenvalue weighted by Crippen LogP contribution is -2.38. The molecule has 1 aliphatic heterocycles. The third kappa shape index (κ3) is 9.44. The summed E-state index contributed by atoms with van der Waals surface area (Å²) in [6.45, 7) is 7.94. The zero-order valence-corrected chi connectivity index (χ0v) is 32.3. The van der Waals surface area contributed by atoms with E-state index in [1.54, 1.807) is 47.5 Å². The van der Waals surface area contributed by atoms with Crippen molar-refractivity contribution >= 4 is 55.6 Å². The number of anilines is 3. The molecule has 0 spiro atoms. The van der Waals surface area contributed by atoms with E-state index in [0.717, 1.165) is 10.8 Å². The number of aromatic nitrogens is 1. The van der Waals surface area contributed by atoms with Crippen LogP contribution in [0, 0.1) is 0 Å². The Labute approximate surface area is 322 Å². The summed E-state index contributed by atoms with van der Waals surface area (Å²) < 4.78 is 81.3. The van der Waals surface area contributed by atoms with Gasteiger partial charge >= 0.3 is 12.1 Å². The number of halogens is 3. The molecule has 0 unspecified atom stereocenters. The molecule has 1 fully saturated rings. The summed E-state index contributed by atoms with van der Waals surface area (Å²) in [4.78, 5) is 44.3. The molecule has 0 radical (unpaired) electrons. The van der Waals surface area contributed by atoms with Gasteiger partial charge in [0.05, 0.1) is 28.9 Å². The summed E-state index contributed by atoms with van der Waals surface area (Å²) in [6.07, 6.45) is -3.02. The molecule has 0 saturated carbocycles. The normalized spacial score (nSPS) is 15.2. The molecule has 3 aromatic carbocycles. The molecule has 1 aliphatic rings. The minimum absolute atomic E-state index is 0.0248. The number of carbonyl (C=O) groups excluding carboxylic acids is 3. The van der Waals surface area contributed by atoms with Gasteiger partial charge in [-0.15, -0.1) is 0 Å². The Morgan fingerprint density at radius 1 is 0.982 bits per heavy atom. The van der Waals surface area contributed by atoms with Crippen LogP contribution in [0.3, 0.4) is 0 Å². The summed E-state index contributed by atoms with van der Waals surface area (Å²) in [5, 5.41) is 6.38. The first-order chi connectivity index (χ1) is 26.4. The molecule has 4 aromatic rings. The highest BCUT2D eigenvalue weighted by Gasteiger charge is 2.41. The number of rotatable bonds is 14. The predicted molar refractivity (Wildman–Crippen MR) is 204 cm³/mol. The average molecular weight is 800 g/mol. The number of hydrogen-bond donors (Lipinski definition) is 3. The van der Waals surface area contributed by atoms with Crippen LogP contribution in [-0.4, -0.2) is 73.4 Å². The van der Waals surface area contributed by atoms with E-state index < -0.39 is 57.7 Å². The standard InChI is InChI=1S/C39H44F3N5O8S/c1-6-53-32-19-25(9-13-31(32)55-22(2)3)35(46-26-10-12-28-24(18-26)15-16-44-36(28)43)37(49)47-17-7-8-30(47)29-20-27(11-14-33(29)56(51,52)23(4)5)45-34(48)21-54-38(50)39(40,41)42/h9-16,18-20,22-23,30,35,46H,6-8,17,21H2,1-5H3,(H2,43,44)(H,45,48)/t30-,35-/m0/s1. The van der Waals surface area contributed by atoms with Crippen LogP contribution in [0.25, 0.3) is 10.8 Å². The van der Waals surface area contributed by atoms with Crippen molar-refractivity contribution in [3.05, 3.63) is 78.0 Å². The van der Waals surface area contributed by atoms with E-state index in [0.29, 0.717) is 48.0 Å². The predicted octanol–water partition coefficient (Wildman–Crippen LogP) is 6.75. The summed E-state index contributed by atoms with van der Waals surface area (Å²) in [5.74, 6) is -2.77. The molecule has 13 nitrogen and oxygen atoms in total. The first-order valence-corrected chi connectivity index (χ1v) is 19.5. The summed E-state index contributed by atoms with van der Waals surface area (Å²) in [7, 11) is -3.96. The molecular weight excluding hydrogens is 756 g/mol. The molecule has 0 aliphatic carbocycles. The van der Waals surface area contributed by atoms with Crippen LogP contribution in [0.15, 0.2) is 71.8 Å². The Bertz CT molecular complexity index is 2210. The third-order valence-corrected chi connectivity index (χ3v) is 11.2. The Balaban J connectivity index is 1.56. The van der Waals surface area contributed by atoms with Gasteiger partial charge in [-0.1, -0.05) is 6.07 Å². The molecule has 17 heteroatoms. The highest BCUT2D eigenvalue weighted by molar-refractivity contribution is 7.92. The number of pyridine rings is 1. The first-order valence-electron chi connectivity index (χ1n) is 18.0. The second-order valence-corrected chi connectivity index (χ2v) is 16.1. The van der Waals surface area contributed by atoms with Crippen LogP contribution in [0.5, 0.6) is 11.5 Å². The second-order valence-electron chi connectivity index (χ2n) is 13.7. The number of hydrogen-bond acceptors (Lipinski definition) is 11. The number of sulfone groups is 1. The number of benzene rings is 3. The van der Waals surface area contributed by atoms with Crippen molar-refractivity contribution in [2.45, 2.75) is 82.0 Å². The molecule has 56 heavy (non-hydrogen) atoms. The monoisotopic (exact) mass is 799 g/mol. The van der Waals surface area contributed by atoms with E-state index in [9.17, 15) is 36.0 Å². The molecule has 1 aromatic heterocycles. The number of esters is 1. The van der Waals surface area contributed by atoms with Crippen molar-refractivity contribution < 1.29 is 50.2 Å². The molecule has 300 valence electrons. The number of nitrogen functional groups attached to an aromatic ring is 1. The summed E-state index contributed by atoms with van der Waals surface area (Å²) in [6, 6.07) is 14.5. The second kappa shape index (κ2) is 17.1. The lowest BCUT2D eigenvalue weighted by molar-refractivity contribution is -0.199. The van der Waals surface area contributed by atoms with Crippen LogP contribution in [0.2, 0.25) is 0 Å².